The molecule has 2 nitrogen and oxygen atoms in total. The molecule has 2 aromatic heterocycles. The summed E-state index contributed by atoms with van der Waals surface area (Å²) in [6, 6.07) is 1.75. The molecule has 0 N–H and O–H groups in total. The highest BCUT2D eigenvalue weighted by Gasteiger charge is 1.98. The Morgan fingerprint density at radius 3 is 3.10 bits per heavy atom. The van der Waals surface area contributed by atoms with Gasteiger partial charge in [-0.2, -0.15) is 0 Å². The molecule has 50 valence electrons. The average molecular weight is 169 g/mol. The first-order valence-corrected chi connectivity index (χ1v) is 4.86. The summed E-state index contributed by atoms with van der Waals surface area (Å²) in [6.07, 6.45) is 3.36. The lowest BCUT2D eigenvalue weighted by Crippen LogP contribution is -1.86. The van der Waals surface area contributed by atoms with Gasteiger partial charge < -0.3 is 0 Å². The highest BCUT2D eigenvalue weighted by Crippen LogP contribution is 2.17. The summed E-state index contributed by atoms with van der Waals surface area (Å²) in [5.74, 6) is 0. The molecule has 0 aliphatic rings. The summed E-state index contributed by atoms with van der Waals surface area (Å²) in [4.78, 5) is 14.9. The van der Waals surface area contributed by atoms with Gasteiger partial charge in [-0.3, -0.25) is 9.78 Å². The Morgan fingerprint density at radius 2 is 2.30 bits per heavy atom. The van der Waals surface area contributed by atoms with Crippen LogP contribution in [-0.4, -0.2) is 4.98 Å². The first-order chi connectivity index (χ1) is 4.88. The SMILES string of the molecule is O=c1ssc2cnccc12. The monoisotopic (exact) mass is 169 g/mol. The number of hydrogen-bond acceptors (Lipinski definition) is 4. The van der Waals surface area contributed by atoms with E-state index in [1.165, 1.54) is 20.7 Å². The van der Waals surface area contributed by atoms with Crippen LogP contribution in [0.3, 0.4) is 0 Å². The van der Waals surface area contributed by atoms with E-state index in [4.69, 9.17) is 0 Å². The second-order valence-corrected chi connectivity index (χ2v) is 3.97. The predicted octanol–water partition coefficient (Wildman–Crippen LogP) is 1.72. The molecule has 0 unspecified atom stereocenters. The fourth-order valence-corrected chi connectivity index (χ4v) is 2.76. The quantitative estimate of drug-likeness (QED) is 0.562. The second-order valence-electron chi connectivity index (χ2n) is 1.83. The number of fused-ring (bicyclic) bond motifs is 1. The van der Waals surface area contributed by atoms with Crippen LogP contribution in [0.25, 0.3) is 10.1 Å². The summed E-state index contributed by atoms with van der Waals surface area (Å²) >= 11 is 0. The Labute approximate surface area is 64.2 Å². The van der Waals surface area contributed by atoms with Crippen molar-refractivity contribution in [1.82, 2.24) is 4.98 Å². The van der Waals surface area contributed by atoms with E-state index in [-0.39, 0.29) is 4.74 Å². The largest absolute Gasteiger partial charge is 0.276 e. The van der Waals surface area contributed by atoms with Crippen LogP contribution in [0, 0.1) is 0 Å². The number of nitrogens with zero attached hydrogens (tertiary/aromatic N) is 1. The average Bonchev–Trinajstić information content (AvgIpc) is 2.34. The van der Waals surface area contributed by atoms with Crippen molar-refractivity contribution < 1.29 is 0 Å². The molecular formula is C6H3NOS2. The molecule has 0 bridgehead atoms. The summed E-state index contributed by atoms with van der Waals surface area (Å²) in [5, 5.41) is 0.796. The highest BCUT2D eigenvalue weighted by molar-refractivity contribution is 7.71. The lowest BCUT2D eigenvalue weighted by Gasteiger charge is -1.79. The summed E-state index contributed by atoms with van der Waals surface area (Å²) < 4.78 is 1.12. The molecule has 0 saturated carbocycles. The van der Waals surface area contributed by atoms with Gasteiger partial charge in [0.25, 0.3) is 4.74 Å². The van der Waals surface area contributed by atoms with Gasteiger partial charge in [0.2, 0.25) is 0 Å². The molecule has 10 heavy (non-hydrogen) atoms. The first kappa shape index (κ1) is 6.00. The van der Waals surface area contributed by atoms with Crippen LogP contribution in [0.2, 0.25) is 0 Å². The van der Waals surface area contributed by atoms with Gasteiger partial charge >= 0.3 is 0 Å². The van der Waals surface area contributed by atoms with Crippen LogP contribution in [0.15, 0.2) is 23.3 Å². The standard InChI is InChI=1S/C6H3NOS2/c8-6-4-1-2-7-3-5(4)9-10-6/h1-3H. The maximum atomic E-state index is 11.0. The van der Waals surface area contributed by atoms with Crippen molar-refractivity contribution >= 4 is 30.8 Å². The molecule has 4 heteroatoms. The van der Waals surface area contributed by atoms with Gasteiger partial charge in [-0.05, 0) is 16.4 Å². The molecule has 0 saturated heterocycles. The van der Waals surface area contributed by atoms with Crippen LogP contribution >= 0.6 is 20.7 Å². The van der Waals surface area contributed by atoms with Gasteiger partial charge in [0.05, 0.1) is 10.1 Å². The van der Waals surface area contributed by atoms with Gasteiger partial charge in [-0.15, -0.1) is 0 Å². The van der Waals surface area contributed by atoms with E-state index < -0.39 is 0 Å². The number of pyridine rings is 1. The van der Waals surface area contributed by atoms with Crippen molar-refractivity contribution in [2.45, 2.75) is 0 Å². The third-order valence-electron chi connectivity index (χ3n) is 1.21. The Morgan fingerprint density at radius 1 is 1.40 bits per heavy atom. The van der Waals surface area contributed by atoms with Crippen molar-refractivity contribution in [2.24, 2.45) is 0 Å². The summed E-state index contributed by atoms with van der Waals surface area (Å²) in [5.41, 5.74) is 0. The van der Waals surface area contributed by atoms with E-state index in [1.54, 1.807) is 18.5 Å². The molecule has 0 aromatic carbocycles. The van der Waals surface area contributed by atoms with E-state index in [0.717, 1.165) is 10.1 Å². The lowest BCUT2D eigenvalue weighted by molar-refractivity contribution is 1.37. The topological polar surface area (TPSA) is 30.0 Å². The first-order valence-electron chi connectivity index (χ1n) is 2.71. The zero-order valence-electron chi connectivity index (χ0n) is 4.90. The molecule has 2 aromatic rings. The molecule has 0 spiro atoms. The van der Waals surface area contributed by atoms with Crippen LogP contribution in [0.4, 0.5) is 0 Å². The van der Waals surface area contributed by atoms with E-state index in [0.29, 0.717) is 0 Å². The Bertz CT molecular complexity index is 403. The van der Waals surface area contributed by atoms with Gasteiger partial charge in [-0.1, -0.05) is 10.3 Å². The van der Waals surface area contributed by atoms with Crippen LogP contribution in [-0.2, 0) is 0 Å². The van der Waals surface area contributed by atoms with Gasteiger partial charge in [0.15, 0.2) is 0 Å². The minimum atomic E-state index is 0.141. The summed E-state index contributed by atoms with van der Waals surface area (Å²) in [6.45, 7) is 0. The molecule has 0 radical (unpaired) electrons. The minimum absolute atomic E-state index is 0.141. The Balaban J connectivity index is 3.07. The highest BCUT2D eigenvalue weighted by atomic mass is 32.9. The zero-order chi connectivity index (χ0) is 6.97. The summed E-state index contributed by atoms with van der Waals surface area (Å²) in [7, 11) is 2.74. The number of hydrogen-bond donors (Lipinski definition) is 0. The van der Waals surface area contributed by atoms with Crippen LogP contribution < -0.4 is 4.74 Å². The molecule has 0 fully saturated rings. The van der Waals surface area contributed by atoms with Crippen molar-refractivity contribution in [2.75, 3.05) is 0 Å². The van der Waals surface area contributed by atoms with Crippen LogP contribution in [0.1, 0.15) is 0 Å². The maximum absolute atomic E-state index is 11.0. The van der Waals surface area contributed by atoms with E-state index in [2.05, 4.69) is 4.98 Å². The molecule has 0 atom stereocenters. The molecule has 2 heterocycles. The van der Waals surface area contributed by atoms with E-state index in [1.807, 2.05) is 0 Å². The van der Waals surface area contributed by atoms with Crippen molar-refractivity contribution in [1.29, 1.82) is 0 Å². The number of aromatic nitrogens is 1. The Hall–Kier alpha value is -0.740. The van der Waals surface area contributed by atoms with Crippen molar-refractivity contribution in [3.8, 4) is 0 Å². The van der Waals surface area contributed by atoms with E-state index >= 15 is 0 Å². The fraction of sp³-hybridized carbons (Fsp3) is 0. The smallest absolute Gasteiger partial charge is 0.250 e. The van der Waals surface area contributed by atoms with Gasteiger partial charge in [0.1, 0.15) is 0 Å². The minimum Gasteiger partial charge on any atom is -0.276 e. The van der Waals surface area contributed by atoms with Crippen LogP contribution in [0.5, 0.6) is 0 Å². The maximum Gasteiger partial charge on any atom is 0.250 e. The van der Waals surface area contributed by atoms with Gasteiger partial charge in [-0.25, -0.2) is 0 Å². The fourth-order valence-electron chi connectivity index (χ4n) is 0.743. The van der Waals surface area contributed by atoms with E-state index in [9.17, 15) is 4.79 Å². The molecule has 2 rings (SSSR count). The molecule has 0 aliphatic heterocycles. The van der Waals surface area contributed by atoms with Crippen molar-refractivity contribution in [3.05, 3.63) is 28.0 Å². The molecular weight excluding hydrogens is 166 g/mol. The molecule has 0 aliphatic carbocycles. The molecule has 0 amide bonds. The third kappa shape index (κ3) is 0.767. The van der Waals surface area contributed by atoms with Crippen molar-refractivity contribution in [3.63, 3.8) is 0 Å². The predicted molar refractivity (Wildman–Crippen MR) is 43.8 cm³/mol. The Kier molecular flexibility index (Phi) is 1.28. The zero-order valence-corrected chi connectivity index (χ0v) is 6.54. The second kappa shape index (κ2) is 2.14. The van der Waals surface area contributed by atoms with Gasteiger partial charge in [0, 0.05) is 12.4 Å². The normalized spacial score (nSPS) is 10.4. The third-order valence-corrected chi connectivity index (χ3v) is 3.41. The number of rotatable bonds is 0. The lowest BCUT2D eigenvalue weighted by atomic mass is 10.4.